The maximum Gasteiger partial charge on any atom is 0.342 e. The van der Waals surface area contributed by atoms with Crippen molar-refractivity contribution < 1.29 is 27.9 Å². The monoisotopic (exact) mass is 667 g/mol. The first kappa shape index (κ1) is 37.8. The molecule has 0 saturated carbocycles. The Kier molecular flexibility index (Phi) is 12.7. The number of amides is 1. The lowest BCUT2D eigenvalue weighted by Gasteiger charge is -2.44. The van der Waals surface area contributed by atoms with Crippen molar-refractivity contribution in [1.29, 1.82) is 0 Å². The summed E-state index contributed by atoms with van der Waals surface area (Å²) < 4.78 is 26.7. The summed E-state index contributed by atoms with van der Waals surface area (Å²) in [4.78, 5) is 26.2. The fourth-order valence-corrected chi connectivity index (χ4v) is 7.56. The van der Waals surface area contributed by atoms with Crippen LogP contribution in [0.15, 0.2) is 42.6 Å². The van der Waals surface area contributed by atoms with Gasteiger partial charge in [0.2, 0.25) is 5.91 Å². The van der Waals surface area contributed by atoms with Gasteiger partial charge in [0, 0.05) is 37.6 Å². The Labute approximate surface area is 280 Å². The summed E-state index contributed by atoms with van der Waals surface area (Å²) >= 11 is 0. The number of hydrogen-bond acceptors (Lipinski definition) is 6. The number of carbonyl (C=O) groups is 2. The Balaban J connectivity index is 1.94. The van der Waals surface area contributed by atoms with E-state index in [4.69, 9.17) is 18.3 Å². The van der Waals surface area contributed by atoms with Crippen molar-refractivity contribution in [2.45, 2.75) is 148 Å². The van der Waals surface area contributed by atoms with E-state index >= 15 is 0 Å². The van der Waals surface area contributed by atoms with Crippen LogP contribution in [0.1, 0.15) is 96.5 Å². The van der Waals surface area contributed by atoms with Gasteiger partial charge in [0.1, 0.15) is 17.4 Å². The first-order chi connectivity index (χ1) is 21.3. The molecule has 9 heteroatoms. The van der Waals surface area contributed by atoms with Crippen LogP contribution in [-0.2, 0) is 25.1 Å². The summed E-state index contributed by atoms with van der Waals surface area (Å²) in [7, 11) is -4.27. The highest BCUT2D eigenvalue weighted by atomic mass is 28.4. The SMILES string of the molecule is CCC#C/C=C\C(=O)N/C=C\C[C@H]1C[C@H]2C[C@H](O[Si](C)(C)C(C)(C)C)C[C@H](Cc3cccc(O[Si](C)(C)C(C)(C)C)c3C(=O)O1)O2. The van der Waals surface area contributed by atoms with Crippen LogP contribution in [0.3, 0.4) is 0 Å². The molecule has 3 rings (SSSR count). The Bertz CT molecular complexity index is 1340. The normalized spacial score (nSPS) is 22.9. The third-order valence-electron chi connectivity index (χ3n) is 9.78. The van der Waals surface area contributed by atoms with Crippen molar-refractivity contribution in [3.63, 3.8) is 0 Å². The zero-order chi connectivity index (χ0) is 34.3. The van der Waals surface area contributed by atoms with Gasteiger partial charge in [-0.15, -0.1) is 0 Å². The van der Waals surface area contributed by atoms with Gasteiger partial charge in [0.25, 0.3) is 8.32 Å². The molecular weight excluding hydrogens is 611 g/mol. The number of esters is 1. The van der Waals surface area contributed by atoms with E-state index in [2.05, 4.69) is 84.9 Å². The Hall–Kier alpha value is -2.65. The number of rotatable bonds is 8. The fourth-order valence-electron chi connectivity index (χ4n) is 5.16. The number of ether oxygens (including phenoxy) is 2. The van der Waals surface area contributed by atoms with E-state index in [0.29, 0.717) is 30.6 Å². The Morgan fingerprint density at radius 2 is 1.70 bits per heavy atom. The summed E-state index contributed by atoms with van der Waals surface area (Å²) in [6.45, 7) is 24.3. The molecule has 46 heavy (non-hydrogen) atoms. The zero-order valence-corrected chi connectivity index (χ0v) is 32.0. The highest BCUT2D eigenvalue weighted by molar-refractivity contribution is 6.75. The molecule has 0 aliphatic carbocycles. The molecular formula is C37H57NO6Si2. The number of cyclic esters (lactones) is 1. The van der Waals surface area contributed by atoms with E-state index in [1.165, 1.54) is 12.2 Å². The minimum Gasteiger partial charge on any atom is -0.543 e. The molecule has 1 N–H and O–H groups in total. The molecule has 0 aromatic heterocycles. The van der Waals surface area contributed by atoms with Crippen molar-refractivity contribution in [1.82, 2.24) is 5.32 Å². The van der Waals surface area contributed by atoms with Crippen molar-refractivity contribution >= 4 is 28.5 Å². The lowest BCUT2D eigenvalue weighted by molar-refractivity contribution is -0.115. The molecule has 2 aliphatic rings. The van der Waals surface area contributed by atoms with Gasteiger partial charge in [0.15, 0.2) is 8.32 Å². The molecule has 0 spiro atoms. The maximum absolute atomic E-state index is 14.0. The second-order valence-electron chi connectivity index (χ2n) is 15.6. The van der Waals surface area contributed by atoms with Crippen LogP contribution in [0.25, 0.3) is 0 Å². The van der Waals surface area contributed by atoms with Crippen LogP contribution in [-0.4, -0.2) is 52.9 Å². The molecule has 2 bridgehead atoms. The zero-order valence-electron chi connectivity index (χ0n) is 30.0. The minimum absolute atomic E-state index is 0.0425. The number of carbonyl (C=O) groups excluding carboxylic acids is 2. The third kappa shape index (κ3) is 10.4. The van der Waals surface area contributed by atoms with Crippen LogP contribution in [0.4, 0.5) is 0 Å². The molecule has 4 atom stereocenters. The lowest BCUT2D eigenvalue weighted by atomic mass is 9.91. The number of fused-ring (bicyclic) bond motifs is 3. The molecule has 1 saturated heterocycles. The third-order valence-corrected chi connectivity index (χ3v) is 18.7. The molecule has 1 amide bonds. The Morgan fingerprint density at radius 1 is 1.02 bits per heavy atom. The highest BCUT2D eigenvalue weighted by Gasteiger charge is 2.43. The van der Waals surface area contributed by atoms with Crippen LogP contribution in [0.2, 0.25) is 36.3 Å². The molecule has 1 aromatic carbocycles. The molecule has 0 unspecified atom stereocenters. The quantitative estimate of drug-likeness (QED) is 0.130. The van der Waals surface area contributed by atoms with Crippen LogP contribution < -0.4 is 9.74 Å². The van der Waals surface area contributed by atoms with Crippen LogP contribution in [0, 0.1) is 11.8 Å². The topological polar surface area (TPSA) is 83.1 Å². The van der Waals surface area contributed by atoms with E-state index in [9.17, 15) is 9.59 Å². The fraction of sp³-hybridized carbons (Fsp3) is 0.622. The summed E-state index contributed by atoms with van der Waals surface area (Å²) in [5.41, 5.74) is 1.36. The summed E-state index contributed by atoms with van der Waals surface area (Å²) in [6.07, 6.45) is 9.54. The predicted octanol–water partition coefficient (Wildman–Crippen LogP) is 8.47. The van der Waals surface area contributed by atoms with Gasteiger partial charge in [-0.2, -0.15) is 0 Å². The van der Waals surface area contributed by atoms with Crippen LogP contribution in [0.5, 0.6) is 5.75 Å². The van der Waals surface area contributed by atoms with E-state index in [0.717, 1.165) is 24.8 Å². The summed E-state index contributed by atoms with van der Waals surface area (Å²) in [5.74, 6) is 5.65. The molecule has 2 heterocycles. The second-order valence-corrected chi connectivity index (χ2v) is 25.1. The van der Waals surface area contributed by atoms with E-state index < -0.39 is 22.7 Å². The van der Waals surface area contributed by atoms with Crippen molar-refractivity contribution in [3.8, 4) is 17.6 Å². The largest absolute Gasteiger partial charge is 0.543 e. The second kappa shape index (κ2) is 15.5. The van der Waals surface area contributed by atoms with Gasteiger partial charge >= 0.3 is 5.97 Å². The number of hydrogen-bond donors (Lipinski definition) is 1. The average Bonchev–Trinajstić information content (AvgIpc) is 2.91. The molecule has 254 valence electrons. The van der Waals surface area contributed by atoms with Crippen molar-refractivity contribution in [2.24, 2.45) is 0 Å². The van der Waals surface area contributed by atoms with Gasteiger partial charge in [-0.05, 0) is 73.2 Å². The first-order valence-electron chi connectivity index (χ1n) is 16.8. The molecule has 1 fully saturated rings. The molecule has 1 aromatic rings. The van der Waals surface area contributed by atoms with Gasteiger partial charge in [-0.1, -0.05) is 78.5 Å². The van der Waals surface area contributed by atoms with Crippen molar-refractivity contribution in [3.05, 3.63) is 53.8 Å². The summed E-state index contributed by atoms with van der Waals surface area (Å²) in [5, 5.41) is 2.79. The summed E-state index contributed by atoms with van der Waals surface area (Å²) in [6, 6.07) is 5.86. The van der Waals surface area contributed by atoms with Gasteiger partial charge < -0.3 is 23.6 Å². The Morgan fingerprint density at radius 3 is 2.35 bits per heavy atom. The van der Waals surface area contributed by atoms with Gasteiger partial charge in [-0.3, -0.25) is 4.79 Å². The minimum atomic E-state index is -2.26. The number of benzene rings is 1. The maximum atomic E-state index is 14.0. The number of nitrogens with one attached hydrogen (secondary N) is 1. The van der Waals surface area contributed by atoms with Gasteiger partial charge in [0.05, 0.1) is 12.2 Å². The van der Waals surface area contributed by atoms with Gasteiger partial charge in [-0.25, -0.2) is 4.79 Å². The van der Waals surface area contributed by atoms with Crippen molar-refractivity contribution in [2.75, 3.05) is 0 Å². The highest BCUT2D eigenvalue weighted by Crippen LogP contribution is 2.42. The molecule has 7 nitrogen and oxygen atoms in total. The predicted molar refractivity (Wildman–Crippen MR) is 191 cm³/mol. The van der Waals surface area contributed by atoms with E-state index in [-0.39, 0.29) is 40.3 Å². The number of allylic oxidation sites excluding steroid dienone is 1. The van der Waals surface area contributed by atoms with E-state index in [1.54, 1.807) is 6.20 Å². The van der Waals surface area contributed by atoms with Crippen LogP contribution >= 0.6 is 0 Å². The molecule has 2 aliphatic heterocycles. The van der Waals surface area contributed by atoms with E-state index in [1.807, 2.05) is 31.2 Å². The smallest absolute Gasteiger partial charge is 0.342 e. The standard InChI is InChI=1S/C37H57NO6Si2/c1-12-13-14-15-21-33(39)38-22-17-19-28-24-30-26-31(43-45(8,9)36(2,3)4)25-29(41-30)23-27-18-16-20-32(34(27)35(40)42-28)44-46(10,11)37(5,6)7/h15-18,20-22,28-31H,12,19,23-26H2,1-11H3,(H,38,39)/b21-15-,22-17-/t28-,29-,30-,31+/m0/s1. The molecule has 0 radical (unpaired) electrons. The first-order valence-corrected chi connectivity index (χ1v) is 22.6. The average molecular weight is 668 g/mol. The lowest BCUT2D eigenvalue weighted by Crippen LogP contribution is -2.48.